The van der Waals surface area contributed by atoms with Gasteiger partial charge in [0.15, 0.2) is 0 Å². The second-order valence-corrected chi connectivity index (χ2v) is 10.8. The second kappa shape index (κ2) is 10.7. The lowest BCUT2D eigenvalue weighted by atomic mass is 9.86. The van der Waals surface area contributed by atoms with E-state index in [1.165, 1.54) is 0 Å². The fraction of sp³-hybridized carbons (Fsp3) is 0.556. The summed E-state index contributed by atoms with van der Waals surface area (Å²) >= 11 is 0. The van der Waals surface area contributed by atoms with Gasteiger partial charge in [0.2, 0.25) is 0 Å². The van der Waals surface area contributed by atoms with Gasteiger partial charge in [0, 0.05) is 23.3 Å². The number of nitro groups is 1. The zero-order valence-electron chi connectivity index (χ0n) is 21.1. The number of benzene rings is 2. The van der Waals surface area contributed by atoms with Crippen molar-refractivity contribution in [2.24, 2.45) is 5.92 Å². The van der Waals surface area contributed by atoms with Crippen LogP contribution in [-0.2, 0) is 12.0 Å². The molecule has 0 amide bonds. The highest BCUT2D eigenvalue weighted by Gasteiger charge is 2.35. The Labute approximate surface area is 203 Å². The van der Waals surface area contributed by atoms with Crippen LogP contribution in [0, 0.1) is 16.0 Å². The largest absolute Gasteiger partial charge is 0.497 e. The number of piperidine rings is 1. The van der Waals surface area contributed by atoms with E-state index in [9.17, 15) is 15.2 Å². The third-order valence-corrected chi connectivity index (χ3v) is 6.88. The molecule has 0 radical (unpaired) electrons. The number of hydrogen-bond acceptors (Lipinski definition) is 5. The summed E-state index contributed by atoms with van der Waals surface area (Å²) in [5.41, 5.74) is 2.07. The molecule has 0 bridgehead atoms. The van der Waals surface area contributed by atoms with E-state index in [0.29, 0.717) is 12.5 Å². The molecule has 186 valence electrons. The van der Waals surface area contributed by atoms with Gasteiger partial charge >= 0.3 is 0 Å². The van der Waals surface area contributed by atoms with Crippen LogP contribution in [0.2, 0.25) is 0 Å². The summed E-state index contributed by atoms with van der Waals surface area (Å²) in [6.45, 7) is 12.2. The maximum absolute atomic E-state index is 11.0. The summed E-state index contributed by atoms with van der Waals surface area (Å²) in [6.07, 6.45) is 1.59. The topological polar surface area (TPSA) is 81.8 Å². The first-order valence-electron chi connectivity index (χ1n) is 12.1. The molecule has 1 saturated heterocycles. The number of aliphatic hydroxyl groups is 1. The normalized spacial score (nSPS) is 21.6. The Morgan fingerprint density at radius 1 is 1.15 bits per heavy atom. The minimum atomic E-state index is -0.624. The summed E-state index contributed by atoms with van der Waals surface area (Å²) in [6, 6.07) is 12.6. The molecule has 1 heterocycles. The third kappa shape index (κ3) is 6.70. The maximum atomic E-state index is 11.0. The lowest BCUT2D eigenvalue weighted by Gasteiger charge is -2.44. The van der Waals surface area contributed by atoms with Crippen LogP contribution in [0.1, 0.15) is 51.7 Å². The first-order chi connectivity index (χ1) is 16.0. The Morgan fingerprint density at radius 2 is 1.79 bits per heavy atom. The van der Waals surface area contributed by atoms with Gasteiger partial charge in [0.05, 0.1) is 25.1 Å². The van der Waals surface area contributed by atoms with Crippen LogP contribution in [-0.4, -0.2) is 54.0 Å². The lowest BCUT2D eigenvalue weighted by Crippen LogP contribution is -2.56. The van der Waals surface area contributed by atoms with Crippen LogP contribution < -0.4 is 9.47 Å². The molecular weight excluding hydrogens is 432 g/mol. The molecule has 7 nitrogen and oxygen atoms in total. The van der Waals surface area contributed by atoms with Gasteiger partial charge in [0.1, 0.15) is 37.3 Å². The molecule has 0 aliphatic carbocycles. The SMILES string of the molecule is COc1ccc(OCC(O)C[N+]2(Cc3ccc([N+](=O)[O-])cc3)CCC(C)CC2)c(C(C)(C)C)c1. The number of nitro benzene ring substituents is 1. The fourth-order valence-electron chi connectivity index (χ4n) is 4.79. The Balaban J connectivity index is 1.72. The van der Waals surface area contributed by atoms with E-state index in [4.69, 9.17) is 9.47 Å². The van der Waals surface area contributed by atoms with Crippen LogP contribution in [0.4, 0.5) is 5.69 Å². The highest BCUT2D eigenvalue weighted by molar-refractivity contribution is 5.44. The van der Waals surface area contributed by atoms with Gasteiger partial charge in [-0.25, -0.2) is 0 Å². The number of non-ortho nitro benzene ring substituents is 1. The zero-order valence-corrected chi connectivity index (χ0v) is 21.1. The van der Waals surface area contributed by atoms with E-state index in [-0.39, 0.29) is 22.6 Å². The summed E-state index contributed by atoms with van der Waals surface area (Å²) in [5.74, 6) is 2.22. The van der Waals surface area contributed by atoms with Gasteiger partial charge < -0.3 is 19.1 Å². The Hall–Kier alpha value is -2.64. The monoisotopic (exact) mass is 471 g/mol. The average molecular weight is 472 g/mol. The first-order valence-corrected chi connectivity index (χ1v) is 12.1. The van der Waals surface area contributed by atoms with Crippen molar-refractivity contribution in [3.63, 3.8) is 0 Å². The quantitative estimate of drug-likeness (QED) is 0.313. The van der Waals surface area contributed by atoms with E-state index < -0.39 is 6.10 Å². The summed E-state index contributed by atoms with van der Waals surface area (Å²) in [5, 5.41) is 22.0. The minimum Gasteiger partial charge on any atom is -0.497 e. The predicted molar refractivity (Wildman–Crippen MR) is 133 cm³/mol. The molecule has 1 fully saturated rings. The number of rotatable bonds is 9. The number of hydrogen-bond donors (Lipinski definition) is 1. The van der Waals surface area contributed by atoms with Crippen molar-refractivity contribution < 1.29 is 24.0 Å². The van der Waals surface area contributed by atoms with Gasteiger partial charge in [-0.2, -0.15) is 0 Å². The predicted octanol–water partition coefficient (Wildman–Crippen LogP) is 5.09. The van der Waals surface area contributed by atoms with E-state index in [1.54, 1.807) is 19.2 Å². The van der Waals surface area contributed by atoms with E-state index in [2.05, 4.69) is 27.7 Å². The van der Waals surface area contributed by atoms with Crippen molar-refractivity contribution >= 4 is 5.69 Å². The summed E-state index contributed by atoms with van der Waals surface area (Å²) < 4.78 is 12.3. The number of quaternary nitrogens is 1. The molecule has 0 saturated carbocycles. The van der Waals surface area contributed by atoms with Crippen molar-refractivity contribution in [1.82, 2.24) is 0 Å². The number of methoxy groups -OCH3 is 1. The van der Waals surface area contributed by atoms with Gasteiger partial charge in [-0.05, 0) is 54.5 Å². The van der Waals surface area contributed by atoms with Gasteiger partial charge in [-0.15, -0.1) is 0 Å². The van der Waals surface area contributed by atoms with Crippen LogP contribution >= 0.6 is 0 Å². The van der Waals surface area contributed by atoms with Crippen LogP contribution in [0.15, 0.2) is 42.5 Å². The number of aliphatic hydroxyl groups excluding tert-OH is 1. The number of ether oxygens (including phenoxy) is 2. The second-order valence-electron chi connectivity index (χ2n) is 10.8. The molecule has 7 heteroatoms. The van der Waals surface area contributed by atoms with E-state index in [1.807, 2.05) is 30.3 Å². The van der Waals surface area contributed by atoms with Gasteiger partial charge in [-0.1, -0.05) is 27.7 Å². The summed E-state index contributed by atoms with van der Waals surface area (Å²) in [7, 11) is 1.65. The molecule has 0 aromatic heterocycles. The van der Waals surface area contributed by atoms with E-state index >= 15 is 0 Å². The van der Waals surface area contributed by atoms with Crippen LogP contribution in [0.25, 0.3) is 0 Å². The van der Waals surface area contributed by atoms with Crippen molar-refractivity contribution in [3.8, 4) is 11.5 Å². The fourth-order valence-corrected chi connectivity index (χ4v) is 4.79. The maximum Gasteiger partial charge on any atom is 0.269 e. The zero-order chi connectivity index (χ0) is 24.9. The average Bonchev–Trinajstić information content (AvgIpc) is 2.79. The van der Waals surface area contributed by atoms with E-state index in [0.717, 1.165) is 59.6 Å². The standard InChI is InChI=1S/C27H39N2O5/c1-20-12-14-29(15-13-20,17-21-6-8-22(9-7-21)28(31)32)18-23(30)19-34-26-11-10-24(33-5)16-25(26)27(2,3)4/h6-11,16,20,23,30H,12-15,17-19H2,1-5H3/q+1. The number of likely N-dealkylation sites (tertiary alicyclic amines) is 1. The van der Waals surface area contributed by atoms with Crippen LogP contribution in [0.5, 0.6) is 11.5 Å². The molecular formula is C27H39N2O5+. The minimum absolute atomic E-state index is 0.102. The molecule has 1 unspecified atom stereocenters. The molecule has 34 heavy (non-hydrogen) atoms. The molecule has 0 spiro atoms. The molecule has 1 N–H and O–H groups in total. The third-order valence-electron chi connectivity index (χ3n) is 6.88. The van der Waals surface area contributed by atoms with Crippen molar-refractivity contribution in [2.45, 2.75) is 58.6 Å². The molecule has 2 aromatic carbocycles. The molecule has 3 rings (SSSR count). The van der Waals surface area contributed by atoms with Crippen molar-refractivity contribution in [3.05, 3.63) is 63.7 Å². The highest BCUT2D eigenvalue weighted by Crippen LogP contribution is 2.34. The Morgan fingerprint density at radius 3 is 2.35 bits per heavy atom. The lowest BCUT2D eigenvalue weighted by molar-refractivity contribution is -0.948. The molecule has 1 atom stereocenters. The smallest absolute Gasteiger partial charge is 0.269 e. The first kappa shape index (κ1) is 26.0. The van der Waals surface area contributed by atoms with Crippen LogP contribution in [0.3, 0.4) is 0 Å². The Bertz CT molecular complexity index is 960. The van der Waals surface area contributed by atoms with Gasteiger partial charge in [0.25, 0.3) is 5.69 Å². The van der Waals surface area contributed by atoms with Gasteiger partial charge in [-0.3, -0.25) is 10.1 Å². The van der Waals surface area contributed by atoms with Crippen molar-refractivity contribution in [2.75, 3.05) is 33.4 Å². The molecule has 1 aliphatic rings. The highest BCUT2D eigenvalue weighted by atomic mass is 16.6. The molecule has 1 aliphatic heterocycles. The molecule has 2 aromatic rings. The Kier molecular flexibility index (Phi) is 8.21. The van der Waals surface area contributed by atoms with Crippen molar-refractivity contribution in [1.29, 1.82) is 0 Å². The number of nitrogens with zero attached hydrogens (tertiary/aromatic N) is 2. The summed E-state index contributed by atoms with van der Waals surface area (Å²) in [4.78, 5) is 10.6.